The van der Waals surface area contributed by atoms with Crippen molar-refractivity contribution in [3.8, 4) is 0 Å². The Morgan fingerprint density at radius 1 is 1.75 bits per heavy atom. The summed E-state index contributed by atoms with van der Waals surface area (Å²) in [6, 6.07) is 0. The molecule has 1 atom stereocenters. The first-order chi connectivity index (χ1) is 4.95. The number of aliphatic hydroxyl groups is 2. The lowest BCUT2D eigenvalue weighted by atomic mass is 10.2. The van der Waals surface area contributed by atoms with Gasteiger partial charge in [-0.2, -0.15) is 0 Å². The third-order valence-electron chi connectivity index (χ3n) is 0.925. The molecule has 2 nitrogen and oxygen atoms in total. The van der Waals surface area contributed by atoms with Gasteiger partial charge in [0.15, 0.2) is 0 Å². The lowest BCUT2D eigenvalue weighted by Crippen LogP contribution is -2.10. The van der Waals surface area contributed by atoms with Crippen LogP contribution in [0.15, 0.2) is 0 Å². The SMILES string of the molecule is [2H]C([2H])([2H])CCCC(O)CO. The first-order valence-electron chi connectivity index (χ1n) is 4.24. The second kappa shape index (κ2) is 5.06. The van der Waals surface area contributed by atoms with Gasteiger partial charge in [-0.3, -0.25) is 0 Å². The fourth-order valence-corrected chi connectivity index (χ4v) is 0.429. The molecular formula is C6H14O2. The molecule has 0 aromatic rings. The van der Waals surface area contributed by atoms with E-state index in [0.717, 1.165) is 0 Å². The molecule has 0 aliphatic rings. The minimum absolute atomic E-state index is 0.101. The molecule has 0 bridgehead atoms. The summed E-state index contributed by atoms with van der Waals surface area (Å²) < 4.78 is 20.5. The largest absolute Gasteiger partial charge is 0.394 e. The highest BCUT2D eigenvalue weighted by Crippen LogP contribution is 1.97. The van der Waals surface area contributed by atoms with Crippen molar-refractivity contribution in [1.82, 2.24) is 0 Å². The molecule has 1 unspecified atom stereocenters. The van der Waals surface area contributed by atoms with Gasteiger partial charge < -0.3 is 10.2 Å². The summed E-state index contributed by atoms with van der Waals surface area (Å²) in [6.45, 7) is -2.20. The van der Waals surface area contributed by atoms with Crippen LogP contribution in [0.2, 0.25) is 0 Å². The van der Waals surface area contributed by atoms with Gasteiger partial charge in [-0.25, -0.2) is 0 Å². The molecule has 2 N–H and O–H groups in total. The van der Waals surface area contributed by atoms with E-state index in [1.807, 2.05) is 0 Å². The van der Waals surface area contributed by atoms with Crippen LogP contribution >= 0.6 is 0 Å². The van der Waals surface area contributed by atoms with E-state index in [1.165, 1.54) is 0 Å². The highest BCUT2D eigenvalue weighted by Gasteiger charge is 1.97. The summed E-state index contributed by atoms with van der Waals surface area (Å²) in [4.78, 5) is 0. The molecule has 0 saturated carbocycles. The maximum Gasteiger partial charge on any atom is 0.0770 e. The predicted octanol–water partition coefficient (Wildman–Crippen LogP) is 0.530. The molecule has 0 rings (SSSR count). The van der Waals surface area contributed by atoms with Gasteiger partial charge in [0.25, 0.3) is 0 Å². The number of hydrogen-bond acceptors (Lipinski definition) is 2. The summed E-state index contributed by atoms with van der Waals surface area (Å²) in [5.41, 5.74) is 0. The second-order valence-corrected chi connectivity index (χ2v) is 1.73. The van der Waals surface area contributed by atoms with Gasteiger partial charge >= 0.3 is 0 Å². The Morgan fingerprint density at radius 3 is 3.00 bits per heavy atom. The van der Waals surface area contributed by atoms with E-state index >= 15 is 0 Å². The summed E-state index contributed by atoms with van der Waals surface area (Å²) in [7, 11) is 0. The Labute approximate surface area is 54.4 Å². The highest BCUT2D eigenvalue weighted by molar-refractivity contribution is 4.50. The van der Waals surface area contributed by atoms with E-state index < -0.39 is 13.0 Å². The van der Waals surface area contributed by atoms with Gasteiger partial charge in [0.2, 0.25) is 0 Å². The van der Waals surface area contributed by atoms with Crippen LogP contribution in [0.4, 0.5) is 0 Å². The van der Waals surface area contributed by atoms with Gasteiger partial charge in [-0.05, 0) is 6.42 Å². The Hall–Kier alpha value is -0.0800. The zero-order chi connectivity index (χ0) is 8.91. The van der Waals surface area contributed by atoms with Crippen molar-refractivity contribution < 1.29 is 14.3 Å². The van der Waals surface area contributed by atoms with Crippen LogP contribution in [0, 0.1) is 0 Å². The molecule has 0 fully saturated rings. The van der Waals surface area contributed by atoms with Gasteiger partial charge in [0, 0.05) is 4.11 Å². The number of hydrogen-bond donors (Lipinski definition) is 2. The van der Waals surface area contributed by atoms with E-state index in [4.69, 9.17) is 14.3 Å². The van der Waals surface area contributed by atoms with Crippen LogP contribution in [0.5, 0.6) is 0 Å². The summed E-state index contributed by atoms with van der Waals surface area (Å²) in [5.74, 6) is 0. The van der Waals surface area contributed by atoms with Crippen LogP contribution in [-0.4, -0.2) is 22.9 Å². The molecular weight excluding hydrogens is 104 g/mol. The molecule has 0 aromatic heterocycles. The molecule has 0 amide bonds. The quantitative estimate of drug-likeness (QED) is 0.569. The Balaban J connectivity index is 3.28. The molecule has 0 saturated heterocycles. The molecule has 0 aliphatic heterocycles. The standard InChI is InChI=1S/C6H14O2/c1-2-3-4-6(8)5-7/h6-8H,2-5H2,1H3/i1D3. The van der Waals surface area contributed by atoms with Crippen LogP contribution < -0.4 is 0 Å². The zero-order valence-electron chi connectivity index (χ0n) is 7.80. The number of aliphatic hydroxyl groups excluding tert-OH is 2. The molecule has 0 radical (unpaired) electrons. The zero-order valence-corrected chi connectivity index (χ0v) is 4.80. The van der Waals surface area contributed by atoms with Crippen LogP contribution in [0.3, 0.4) is 0 Å². The third-order valence-corrected chi connectivity index (χ3v) is 0.925. The van der Waals surface area contributed by atoms with Crippen molar-refractivity contribution in [3.63, 3.8) is 0 Å². The normalized spacial score (nSPS) is 21.0. The number of rotatable bonds is 4. The van der Waals surface area contributed by atoms with Crippen LogP contribution in [0.25, 0.3) is 0 Å². The topological polar surface area (TPSA) is 40.5 Å². The van der Waals surface area contributed by atoms with Gasteiger partial charge in [-0.15, -0.1) is 0 Å². The fourth-order valence-electron chi connectivity index (χ4n) is 0.429. The van der Waals surface area contributed by atoms with E-state index in [2.05, 4.69) is 0 Å². The van der Waals surface area contributed by atoms with Crippen molar-refractivity contribution >= 4 is 0 Å². The smallest absolute Gasteiger partial charge is 0.0770 e. The van der Waals surface area contributed by atoms with Crippen molar-refractivity contribution in [3.05, 3.63) is 0 Å². The van der Waals surface area contributed by atoms with Crippen LogP contribution in [0.1, 0.15) is 30.2 Å². The van der Waals surface area contributed by atoms with E-state index in [-0.39, 0.29) is 13.0 Å². The summed E-state index contributed by atoms with van der Waals surface area (Å²) >= 11 is 0. The lowest BCUT2D eigenvalue weighted by Gasteiger charge is -2.02. The first-order valence-corrected chi connectivity index (χ1v) is 2.74. The monoisotopic (exact) mass is 121 g/mol. The summed E-state index contributed by atoms with van der Waals surface area (Å²) in [6.07, 6.45) is 0.120. The molecule has 50 valence electrons. The second-order valence-electron chi connectivity index (χ2n) is 1.73. The minimum atomic E-state index is -1.91. The highest BCUT2D eigenvalue weighted by atomic mass is 16.3. The van der Waals surface area contributed by atoms with Crippen LogP contribution in [-0.2, 0) is 0 Å². The Morgan fingerprint density at radius 2 is 2.50 bits per heavy atom. The van der Waals surface area contributed by atoms with Crippen molar-refractivity contribution in [2.24, 2.45) is 0 Å². The first kappa shape index (κ1) is 3.85. The lowest BCUT2D eigenvalue weighted by molar-refractivity contribution is 0.0865. The van der Waals surface area contributed by atoms with E-state index in [0.29, 0.717) is 12.8 Å². The average molecular weight is 121 g/mol. The van der Waals surface area contributed by atoms with E-state index in [9.17, 15) is 0 Å². The maximum absolute atomic E-state index is 8.82. The molecule has 0 aliphatic carbocycles. The molecule has 0 heterocycles. The molecule has 0 spiro atoms. The Bertz CT molecular complexity index is 102. The Kier molecular flexibility index (Phi) is 2.44. The van der Waals surface area contributed by atoms with Gasteiger partial charge in [0.1, 0.15) is 0 Å². The predicted molar refractivity (Wildman–Crippen MR) is 32.6 cm³/mol. The molecule has 8 heavy (non-hydrogen) atoms. The minimum Gasteiger partial charge on any atom is -0.394 e. The third kappa shape index (κ3) is 4.09. The molecule has 0 aromatic carbocycles. The maximum atomic E-state index is 8.82. The fraction of sp³-hybridized carbons (Fsp3) is 1.00. The van der Waals surface area contributed by atoms with E-state index in [1.54, 1.807) is 0 Å². The van der Waals surface area contributed by atoms with Crippen molar-refractivity contribution in [2.45, 2.75) is 32.2 Å². The van der Waals surface area contributed by atoms with Crippen molar-refractivity contribution in [2.75, 3.05) is 6.61 Å². The summed E-state index contributed by atoms with van der Waals surface area (Å²) in [5, 5.41) is 17.2. The molecule has 2 heteroatoms. The van der Waals surface area contributed by atoms with Crippen molar-refractivity contribution in [1.29, 1.82) is 0 Å². The van der Waals surface area contributed by atoms with Gasteiger partial charge in [-0.1, -0.05) is 19.7 Å². The van der Waals surface area contributed by atoms with Gasteiger partial charge in [0.05, 0.1) is 12.7 Å². The average Bonchev–Trinajstić information content (AvgIpc) is 1.85.